The molecule has 1 aliphatic heterocycles. The van der Waals surface area contributed by atoms with Crippen LogP contribution in [0, 0.1) is 5.82 Å². The van der Waals surface area contributed by atoms with Crippen molar-refractivity contribution >= 4 is 23.3 Å². The Morgan fingerprint density at radius 1 is 1.14 bits per heavy atom. The highest BCUT2D eigenvalue weighted by molar-refractivity contribution is 6.52. The van der Waals surface area contributed by atoms with Crippen molar-refractivity contribution in [3.05, 3.63) is 65.0 Å². The summed E-state index contributed by atoms with van der Waals surface area (Å²) in [6.45, 7) is 0.0460. The first kappa shape index (κ1) is 13.9. The van der Waals surface area contributed by atoms with E-state index in [9.17, 15) is 18.8 Å². The molecule has 1 aliphatic rings. The van der Waals surface area contributed by atoms with Crippen LogP contribution in [0.15, 0.2) is 42.5 Å². The Hall–Kier alpha value is -3.02. The minimum absolute atomic E-state index is 0.0272. The first-order valence-electron chi connectivity index (χ1n) is 6.45. The van der Waals surface area contributed by atoms with Crippen LogP contribution in [0.2, 0.25) is 0 Å². The number of hydrogen-bond acceptors (Lipinski definition) is 3. The lowest BCUT2D eigenvalue weighted by Gasteiger charge is -2.16. The van der Waals surface area contributed by atoms with Crippen molar-refractivity contribution in [1.29, 1.82) is 0 Å². The van der Waals surface area contributed by atoms with Gasteiger partial charge in [0.05, 0.1) is 23.4 Å². The molecule has 0 atom stereocenters. The van der Waals surface area contributed by atoms with Crippen LogP contribution in [0.3, 0.4) is 0 Å². The summed E-state index contributed by atoms with van der Waals surface area (Å²) in [4.78, 5) is 36.1. The van der Waals surface area contributed by atoms with E-state index in [4.69, 9.17) is 5.11 Å². The fraction of sp³-hybridized carbons (Fsp3) is 0.0625. The van der Waals surface area contributed by atoms with E-state index < -0.39 is 23.5 Å². The zero-order chi connectivity index (χ0) is 15.9. The number of carboxylic acid groups (broad SMARTS) is 1. The molecule has 0 saturated heterocycles. The third-order valence-corrected chi connectivity index (χ3v) is 3.45. The molecule has 0 radical (unpaired) electrons. The molecule has 0 bridgehead atoms. The molecule has 0 spiro atoms. The lowest BCUT2D eigenvalue weighted by Crippen LogP contribution is -2.29. The van der Waals surface area contributed by atoms with Crippen molar-refractivity contribution in [3.8, 4) is 0 Å². The number of rotatable bonds is 3. The van der Waals surface area contributed by atoms with Gasteiger partial charge in [-0.1, -0.05) is 12.1 Å². The number of carboxylic acids is 1. The summed E-state index contributed by atoms with van der Waals surface area (Å²) >= 11 is 0. The molecule has 0 fully saturated rings. The molecule has 2 aromatic carbocycles. The van der Waals surface area contributed by atoms with Gasteiger partial charge in [0, 0.05) is 0 Å². The Labute approximate surface area is 124 Å². The number of nitrogens with zero attached hydrogens (tertiary/aromatic N) is 1. The Morgan fingerprint density at radius 2 is 1.91 bits per heavy atom. The number of benzene rings is 2. The maximum atomic E-state index is 13.2. The largest absolute Gasteiger partial charge is 0.478 e. The molecule has 1 heterocycles. The number of anilines is 1. The topological polar surface area (TPSA) is 74.7 Å². The van der Waals surface area contributed by atoms with E-state index in [0.29, 0.717) is 11.3 Å². The molecule has 0 unspecified atom stereocenters. The number of amides is 1. The second kappa shape index (κ2) is 5.07. The predicted octanol–water partition coefficient (Wildman–Crippen LogP) is 2.25. The molecule has 1 N–H and O–H groups in total. The number of fused-ring (bicyclic) bond motifs is 1. The standard InChI is InChI=1S/C16H10FNO4/c17-11-4-5-13-12(7-11)14(19)15(20)18(13)8-9-2-1-3-10(6-9)16(21)22/h1-7H,8H2,(H,21,22). The van der Waals surface area contributed by atoms with E-state index in [0.717, 1.165) is 6.07 Å². The Balaban J connectivity index is 1.97. The van der Waals surface area contributed by atoms with E-state index >= 15 is 0 Å². The molecular weight excluding hydrogens is 289 g/mol. The van der Waals surface area contributed by atoms with Gasteiger partial charge in [-0.15, -0.1) is 0 Å². The number of halogens is 1. The predicted molar refractivity (Wildman–Crippen MR) is 75.3 cm³/mol. The van der Waals surface area contributed by atoms with Crippen molar-refractivity contribution in [3.63, 3.8) is 0 Å². The molecule has 2 aromatic rings. The molecule has 6 heteroatoms. The van der Waals surface area contributed by atoms with Crippen molar-refractivity contribution in [2.75, 3.05) is 4.90 Å². The molecule has 22 heavy (non-hydrogen) atoms. The van der Waals surface area contributed by atoms with E-state index in [1.165, 1.54) is 29.2 Å². The van der Waals surface area contributed by atoms with Gasteiger partial charge in [-0.25, -0.2) is 9.18 Å². The van der Waals surface area contributed by atoms with Gasteiger partial charge >= 0.3 is 5.97 Å². The minimum Gasteiger partial charge on any atom is -0.478 e. The van der Waals surface area contributed by atoms with Crippen LogP contribution in [-0.2, 0) is 11.3 Å². The van der Waals surface area contributed by atoms with Crippen molar-refractivity contribution in [2.45, 2.75) is 6.54 Å². The van der Waals surface area contributed by atoms with Crippen LogP contribution in [0.5, 0.6) is 0 Å². The second-order valence-electron chi connectivity index (χ2n) is 4.89. The number of aromatic carboxylic acids is 1. The van der Waals surface area contributed by atoms with Crippen LogP contribution in [0.4, 0.5) is 10.1 Å². The van der Waals surface area contributed by atoms with Crippen LogP contribution in [-0.4, -0.2) is 22.8 Å². The van der Waals surface area contributed by atoms with Gasteiger partial charge in [-0.3, -0.25) is 9.59 Å². The molecule has 110 valence electrons. The van der Waals surface area contributed by atoms with Crippen LogP contribution < -0.4 is 4.90 Å². The van der Waals surface area contributed by atoms with E-state index in [1.807, 2.05) is 0 Å². The van der Waals surface area contributed by atoms with Crippen LogP contribution in [0.1, 0.15) is 26.3 Å². The molecule has 0 aliphatic carbocycles. The normalized spacial score (nSPS) is 13.4. The maximum absolute atomic E-state index is 13.2. The van der Waals surface area contributed by atoms with Gasteiger partial charge in [0.2, 0.25) is 0 Å². The third-order valence-electron chi connectivity index (χ3n) is 3.45. The van der Waals surface area contributed by atoms with Gasteiger partial charge in [0.1, 0.15) is 5.82 Å². The van der Waals surface area contributed by atoms with E-state index in [2.05, 4.69) is 0 Å². The molecular formula is C16H10FNO4. The Kier molecular flexibility index (Phi) is 3.21. The number of ketones is 1. The summed E-state index contributed by atoms with van der Waals surface area (Å²) in [7, 11) is 0. The monoisotopic (exact) mass is 299 g/mol. The summed E-state index contributed by atoms with van der Waals surface area (Å²) < 4.78 is 13.2. The second-order valence-corrected chi connectivity index (χ2v) is 4.89. The fourth-order valence-electron chi connectivity index (χ4n) is 2.41. The third kappa shape index (κ3) is 2.24. The van der Waals surface area contributed by atoms with Gasteiger partial charge in [-0.2, -0.15) is 0 Å². The van der Waals surface area contributed by atoms with E-state index in [-0.39, 0.29) is 17.7 Å². The summed E-state index contributed by atoms with van der Waals surface area (Å²) in [5, 5.41) is 8.98. The number of hydrogen-bond donors (Lipinski definition) is 1. The van der Waals surface area contributed by atoms with Crippen LogP contribution >= 0.6 is 0 Å². The van der Waals surface area contributed by atoms with Gasteiger partial charge in [0.25, 0.3) is 11.7 Å². The first-order valence-corrected chi connectivity index (χ1v) is 6.45. The highest BCUT2D eigenvalue weighted by Gasteiger charge is 2.36. The quantitative estimate of drug-likeness (QED) is 0.882. The molecule has 1 amide bonds. The fourth-order valence-corrected chi connectivity index (χ4v) is 2.41. The smallest absolute Gasteiger partial charge is 0.335 e. The number of Topliss-reactive ketones (excluding diaryl/α,β-unsaturated/α-hetero) is 1. The van der Waals surface area contributed by atoms with Gasteiger partial charge in [-0.05, 0) is 35.9 Å². The van der Waals surface area contributed by atoms with Crippen molar-refractivity contribution in [2.24, 2.45) is 0 Å². The zero-order valence-electron chi connectivity index (χ0n) is 11.2. The molecule has 5 nitrogen and oxygen atoms in total. The van der Waals surface area contributed by atoms with Crippen LogP contribution in [0.25, 0.3) is 0 Å². The van der Waals surface area contributed by atoms with Gasteiger partial charge < -0.3 is 10.0 Å². The average molecular weight is 299 g/mol. The lowest BCUT2D eigenvalue weighted by molar-refractivity contribution is -0.114. The number of carbonyl (C=O) groups excluding carboxylic acids is 2. The van der Waals surface area contributed by atoms with Crippen molar-refractivity contribution in [1.82, 2.24) is 0 Å². The highest BCUT2D eigenvalue weighted by Crippen LogP contribution is 2.30. The zero-order valence-corrected chi connectivity index (χ0v) is 11.2. The summed E-state index contributed by atoms with van der Waals surface area (Å²) in [6.07, 6.45) is 0. The Bertz CT molecular complexity index is 816. The van der Waals surface area contributed by atoms with E-state index in [1.54, 1.807) is 12.1 Å². The van der Waals surface area contributed by atoms with Gasteiger partial charge in [0.15, 0.2) is 0 Å². The molecule has 0 saturated carbocycles. The summed E-state index contributed by atoms with van der Waals surface area (Å²) in [5.41, 5.74) is 1.02. The molecule has 0 aromatic heterocycles. The Morgan fingerprint density at radius 3 is 2.64 bits per heavy atom. The maximum Gasteiger partial charge on any atom is 0.335 e. The first-order chi connectivity index (χ1) is 10.5. The van der Waals surface area contributed by atoms with Crippen molar-refractivity contribution < 1.29 is 23.9 Å². The minimum atomic E-state index is -1.08. The SMILES string of the molecule is O=C(O)c1cccc(CN2C(=O)C(=O)c3cc(F)ccc32)c1. The summed E-state index contributed by atoms with van der Waals surface area (Å²) in [6, 6.07) is 9.66. The summed E-state index contributed by atoms with van der Waals surface area (Å²) in [5.74, 6) is -3.17. The average Bonchev–Trinajstić information content (AvgIpc) is 2.72. The lowest BCUT2D eigenvalue weighted by atomic mass is 10.1. The molecule has 3 rings (SSSR count). The number of carbonyl (C=O) groups is 3. The highest BCUT2D eigenvalue weighted by atomic mass is 19.1.